The third-order valence-corrected chi connectivity index (χ3v) is 3.65. The van der Waals surface area contributed by atoms with Gasteiger partial charge >= 0.3 is 0 Å². The lowest BCUT2D eigenvalue weighted by Gasteiger charge is -2.25. The summed E-state index contributed by atoms with van der Waals surface area (Å²) in [4.78, 5) is 23.5. The molecular weight excluding hydrogens is 302 g/mol. The van der Waals surface area contributed by atoms with Crippen LogP contribution >= 0.6 is 12.4 Å². The lowest BCUT2D eigenvalue weighted by molar-refractivity contribution is -0.125. The van der Waals surface area contributed by atoms with Crippen LogP contribution < -0.4 is 16.0 Å². The molecule has 122 valence electrons. The zero-order valence-electron chi connectivity index (χ0n) is 13.0. The topological polar surface area (TPSA) is 70.2 Å². The van der Waals surface area contributed by atoms with E-state index in [1.165, 1.54) is 11.1 Å². The molecule has 1 heterocycles. The molecule has 1 aliphatic heterocycles. The number of rotatable bonds is 5. The molecule has 2 rings (SSSR count). The van der Waals surface area contributed by atoms with E-state index in [1.54, 1.807) is 0 Å². The van der Waals surface area contributed by atoms with Crippen LogP contribution in [0.4, 0.5) is 0 Å². The van der Waals surface area contributed by atoms with Gasteiger partial charge in [-0.15, -0.1) is 12.4 Å². The number of amides is 2. The first-order valence-electron chi connectivity index (χ1n) is 7.43. The first-order chi connectivity index (χ1) is 10.1. The Morgan fingerprint density at radius 3 is 2.50 bits per heavy atom. The molecule has 5 nitrogen and oxygen atoms in total. The second-order valence-electron chi connectivity index (χ2n) is 5.64. The SMILES string of the molecule is CC(C)C(=O)NCCNC(=O)C1Cc2ccccc2CN1.Cl. The highest BCUT2D eigenvalue weighted by Gasteiger charge is 2.23. The molecule has 0 fully saturated rings. The van der Waals surface area contributed by atoms with Gasteiger partial charge in [-0.25, -0.2) is 0 Å². The van der Waals surface area contributed by atoms with Crippen molar-refractivity contribution in [3.8, 4) is 0 Å². The Kier molecular flexibility index (Phi) is 7.35. The quantitative estimate of drug-likeness (QED) is 0.708. The van der Waals surface area contributed by atoms with E-state index < -0.39 is 0 Å². The predicted octanol–water partition coefficient (Wildman–Crippen LogP) is 1.01. The summed E-state index contributed by atoms with van der Waals surface area (Å²) in [5.74, 6) is -0.0329. The van der Waals surface area contributed by atoms with E-state index in [9.17, 15) is 9.59 Å². The van der Waals surface area contributed by atoms with Crippen LogP contribution in [-0.4, -0.2) is 30.9 Å². The average Bonchev–Trinajstić information content (AvgIpc) is 2.50. The summed E-state index contributed by atoms with van der Waals surface area (Å²) in [7, 11) is 0. The fourth-order valence-electron chi connectivity index (χ4n) is 2.34. The molecule has 0 saturated carbocycles. The van der Waals surface area contributed by atoms with Crippen molar-refractivity contribution in [3.63, 3.8) is 0 Å². The van der Waals surface area contributed by atoms with Crippen molar-refractivity contribution in [1.82, 2.24) is 16.0 Å². The second kappa shape index (κ2) is 8.76. The van der Waals surface area contributed by atoms with Crippen LogP contribution in [0.5, 0.6) is 0 Å². The molecule has 1 aromatic carbocycles. The standard InChI is InChI=1S/C16H23N3O2.ClH/c1-11(2)15(20)17-7-8-18-16(21)14-9-12-5-3-4-6-13(12)10-19-14;/h3-6,11,14,19H,7-10H2,1-2H3,(H,17,20)(H,18,21);1H. The molecular formula is C16H24ClN3O2. The van der Waals surface area contributed by atoms with Gasteiger partial charge in [-0.3, -0.25) is 9.59 Å². The Morgan fingerprint density at radius 2 is 1.82 bits per heavy atom. The molecule has 0 aromatic heterocycles. The minimum atomic E-state index is -0.194. The van der Waals surface area contributed by atoms with Crippen molar-refractivity contribution < 1.29 is 9.59 Å². The molecule has 6 heteroatoms. The van der Waals surface area contributed by atoms with Crippen molar-refractivity contribution in [2.75, 3.05) is 13.1 Å². The van der Waals surface area contributed by atoms with E-state index >= 15 is 0 Å². The number of hydrogen-bond donors (Lipinski definition) is 3. The van der Waals surface area contributed by atoms with Crippen LogP contribution in [0.25, 0.3) is 0 Å². The van der Waals surface area contributed by atoms with Crippen LogP contribution in [0.15, 0.2) is 24.3 Å². The van der Waals surface area contributed by atoms with Crippen LogP contribution in [0.1, 0.15) is 25.0 Å². The normalized spacial score (nSPS) is 16.4. The van der Waals surface area contributed by atoms with E-state index in [2.05, 4.69) is 28.1 Å². The van der Waals surface area contributed by atoms with Crippen LogP contribution in [-0.2, 0) is 22.6 Å². The van der Waals surface area contributed by atoms with E-state index in [1.807, 2.05) is 26.0 Å². The van der Waals surface area contributed by atoms with Crippen molar-refractivity contribution in [2.24, 2.45) is 5.92 Å². The van der Waals surface area contributed by atoms with E-state index in [4.69, 9.17) is 0 Å². The molecule has 0 saturated heterocycles. The number of carbonyl (C=O) groups excluding carboxylic acids is 2. The Balaban J connectivity index is 0.00000242. The number of benzene rings is 1. The second-order valence-corrected chi connectivity index (χ2v) is 5.64. The van der Waals surface area contributed by atoms with Gasteiger partial charge in [0.2, 0.25) is 11.8 Å². The molecule has 0 bridgehead atoms. The van der Waals surface area contributed by atoms with Crippen molar-refractivity contribution in [1.29, 1.82) is 0 Å². The number of carbonyl (C=O) groups is 2. The van der Waals surface area contributed by atoms with Gasteiger partial charge in [0.1, 0.15) is 0 Å². The average molecular weight is 326 g/mol. The van der Waals surface area contributed by atoms with Crippen molar-refractivity contribution >= 4 is 24.2 Å². The van der Waals surface area contributed by atoms with Crippen molar-refractivity contribution in [2.45, 2.75) is 32.9 Å². The molecule has 1 unspecified atom stereocenters. The molecule has 0 radical (unpaired) electrons. The van der Waals surface area contributed by atoms with Gasteiger partial charge in [-0.1, -0.05) is 38.1 Å². The highest BCUT2D eigenvalue weighted by Crippen LogP contribution is 2.16. The third-order valence-electron chi connectivity index (χ3n) is 3.65. The minimum absolute atomic E-state index is 0. The zero-order valence-corrected chi connectivity index (χ0v) is 13.8. The smallest absolute Gasteiger partial charge is 0.237 e. The minimum Gasteiger partial charge on any atom is -0.354 e. The maximum absolute atomic E-state index is 12.1. The Hall–Kier alpha value is -1.59. The van der Waals surface area contributed by atoms with Crippen LogP contribution in [0.3, 0.4) is 0 Å². The molecule has 0 spiro atoms. The Labute approximate surface area is 137 Å². The van der Waals surface area contributed by atoms with E-state index in [0.29, 0.717) is 19.5 Å². The Bertz CT molecular complexity index is 520. The fourth-order valence-corrected chi connectivity index (χ4v) is 2.34. The van der Waals surface area contributed by atoms with Gasteiger partial charge in [0, 0.05) is 25.6 Å². The van der Waals surface area contributed by atoms with Gasteiger partial charge < -0.3 is 16.0 Å². The van der Waals surface area contributed by atoms with Gasteiger partial charge in [0.15, 0.2) is 0 Å². The lowest BCUT2D eigenvalue weighted by Crippen LogP contribution is -2.49. The summed E-state index contributed by atoms with van der Waals surface area (Å²) in [6.07, 6.45) is 0.709. The molecule has 3 N–H and O–H groups in total. The lowest BCUT2D eigenvalue weighted by atomic mass is 9.95. The summed E-state index contributed by atoms with van der Waals surface area (Å²) in [6.45, 7) is 5.33. The monoisotopic (exact) mass is 325 g/mol. The number of fused-ring (bicyclic) bond motifs is 1. The highest BCUT2D eigenvalue weighted by atomic mass is 35.5. The van der Waals surface area contributed by atoms with Gasteiger partial charge in [-0.2, -0.15) is 0 Å². The molecule has 0 aliphatic carbocycles. The van der Waals surface area contributed by atoms with Gasteiger partial charge in [0.05, 0.1) is 6.04 Å². The first kappa shape index (κ1) is 18.5. The first-order valence-corrected chi connectivity index (χ1v) is 7.43. The third kappa shape index (κ3) is 5.00. The summed E-state index contributed by atoms with van der Waals surface area (Å²) in [5, 5.41) is 8.89. The zero-order chi connectivity index (χ0) is 15.2. The number of hydrogen-bond acceptors (Lipinski definition) is 3. The number of nitrogens with one attached hydrogen (secondary N) is 3. The summed E-state index contributed by atoms with van der Waals surface area (Å²) in [6, 6.07) is 7.97. The molecule has 2 amide bonds. The molecule has 1 atom stereocenters. The number of halogens is 1. The summed E-state index contributed by atoms with van der Waals surface area (Å²) in [5.41, 5.74) is 2.48. The van der Waals surface area contributed by atoms with Crippen molar-refractivity contribution in [3.05, 3.63) is 35.4 Å². The van der Waals surface area contributed by atoms with E-state index in [0.717, 1.165) is 6.54 Å². The fraction of sp³-hybridized carbons (Fsp3) is 0.500. The summed E-state index contributed by atoms with van der Waals surface area (Å²) >= 11 is 0. The molecule has 1 aliphatic rings. The maximum Gasteiger partial charge on any atom is 0.237 e. The maximum atomic E-state index is 12.1. The summed E-state index contributed by atoms with van der Waals surface area (Å²) < 4.78 is 0. The van der Waals surface area contributed by atoms with Gasteiger partial charge in [0.25, 0.3) is 0 Å². The van der Waals surface area contributed by atoms with E-state index in [-0.39, 0.29) is 36.2 Å². The van der Waals surface area contributed by atoms with Crippen LogP contribution in [0.2, 0.25) is 0 Å². The van der Waals surface area contributed by atoms with Crippen LogP contribution in [0, 0.1) is 5.92 Å². The predicted molar refractivity (Wildman–Crippen MR) is 88.9 cm³/mol. The highest BCUT2D eigenvalue weighted by molar-refractivity contribution is 5.85. The largest absolute Gasteiger partial charge is 0.354 e. The molecule has 1 aromatic rings. The van der Waals surface area contributed by atoms with Gasteiger partial charge in [-0.05, 0) is 17.5 Å². The molecule has 22 heavy (non-hydrogen) atoms. The Morgan fingerprint density at radius 1 is 1.18 bits per heavy atom.